The van der Waals surface area contributed by atoms with Crippen LogP contribution < -0.4 is 10.5 Å². The summed E-state index contributed by atoms with van der Waals surface area (Å²) in [7, 11) is 0. The van der Waals surface area contributed by atoms with Crippen molar-refractivity contribution in [2.45, 2.75) is 33.1 Å². The molecule has 0 aliphatic heterocycles. The molecule has 1 rings (SSSR count). The van der Waals surface area contributed by atoms with Gasteiger partial charge in [-0.1, -0.05) is 0 Å². The fraction of sp³-hybridized carbons (Fsp3) is 0.500. The smallest absolute Gasteiger partial charge is 0.119 e. The standard InChI is InChI=1S/C14H20N2O/c1-14(2,11-15)9-3-4-10-17-13-7-5-12(16)6-8-13/h5-8H,3-4,9-10,16H2,1-2H3. The summed E-state index contributed by atoms with van der Waals surface area (Å²) in [6.45, 7) is 4.62. The molecule has 2 N–H and O–H groups in total. The Morgan fingerprint density at radius 3 is 2.47 bits per heavy atom. The van der Waals surface area contributed by atoms with Crippen molar-refractivity contribution in [3.8, 4) is 11.8 Å². The summed E-state index contributed by atoms with van der Waals surface area (Å²) in [5, 5.41) is 8.86. The van der Waals surface area contributed by atoms with Crippen LogP contribution in [0.3, 0.4) is 0 Å². The molecule has 17 heavy (non-hydrogen) atoms. The predicted octanol–water partition coefficient (Wildman–Crippen LogP) is 3.37. The Kier molecular flexibility index (Phi) is 4.84. The lowest BCUT2D eigenvalue weighted by Crippen LogP contribution is -2.08. The van der Waals surface area contributed by atoms with E-state index in [0.29, 0.717) is 6.61 Å². The number of hydrogen-bond acceptors (Lipinski definition) is 3. The van der Waals surface area contributed by atoms with E-state index < -0.39 is 0 Å². The van der Waals surface area contributed by atoms with Gasteiger partial charge in [0.2, 0.25) is 0 Å². The minimum atomic E-state index is -0.221. The Balaban J connectivity index is 2.17. The fourth-order valence-corrected chi connectivity index (χ4v) is 1.48. The normalized spacial score (nSPS) is 10.9. The molecule has 0 atom stereocenters. The highest BCUT2D eigenvalue weighted by molar-refractivity contribution is 5.41. The van der Waals surface area contributed by atoms with E-state index in [-0.39, 0.29) is 5.41 Å². The maximum Gasteiger partial charge on any atom is 0.119 e. The molecular weight excluding hydrogens is 212 g/mol. The number of ether oxygens (including phenoxy) is 1. The van der Waals surface area contributed by atoms with Crippen molar-refractivity contribution < 1.29 is 4.74 Å². The van der Waals surface area contributed by atoms with Crippen LogP contribution in [0, 0.1) is 16.7 Å². The zero-order valence-electron chi connectivity index (χ0n) is 10.6. The third-order valence-electron chi connectivity index (χ3n) is 2.65. The molecule has 0 spiro atoms. The van der Waals surface area contributed by atoms with Crippen LogP contribution in [0.5, 0.6) is 5.75 Å². The van der Waals surface area contributed by atoms with Crippen LogP contribution in [-0.4, -0.2) is 6.61 Å². The molecular formula is C14H20N2O. The molecule has 0 saturated heterocycles. The van der Waals surface area contributed by atoms with E-state index in [1.165, 1.54) is 0 Å². The maximum atomic E-state index is 8.86. The second-order valence-corrected chi connectivity index (χ2v) is 4.87. The summed E-state index contributed by atoms with van der Waals surface area (Å²) in [5.41, 5.74) is 6.10. The van der Waals surface area contributed by atoms with Gasteiger partial charge in [-0.25, -0.2) is 0 Å². The Bertz CT molecular complexity index is 376. The van der Waals surface area contributed by atoms with E-state index >= 15 is 0 Å². The first-order valence-electron chi connectivity index (χ1n) is 5.93. The molecule has 3 nitrogen and oxygen atoms in total. The minimum Gasteiger partial charge on any atom is -0.494 e. The second kappa shape index (κ2) is 6.15. The number of nitrogens with zero attached hydrogens (tertiary/aromatic N) is 1. The average molecular weight is 232 g/mol. The molecule has 1 aromatic rings. The van der Waals surface area contributed by atoms with Crippen molar-refractivity contribution in [2.24, 2.45) is 5.41 Å². The first-order valence-corrected chi connectivity index (χ1v) is 5.93. The van der Waals surface area contributed by atoms with Gasteiger partial charge >= 0.3 is 0 Å². The summed E-state index contributed by atoms with van der Waals surface area (Å²) >= 11 is 0. The molecule has 0 saturated carbocycles. The first kappa shape index (κ1) is 13.4. The van der Waals surface area contributed by atoms with Crippen LogP contribution in [0.25, 0.3) is 0 Å². The second-order valence-electron chi connectivity index (χ2n) is 4.87. The Hall–Kier alpha value is -1.69. The lowest BCUT2D eigenvalue weighted by Gasteiger charge is -2.14. The van der Waals surface area contributed by atoms with Gasteiger partial charge in [-0.05, 0) is 57.4 Å². The van der Waals surface area contributed by atoms with Gasteiger partial charge in [-0.2, -0.15) is 5.26 Å². The largest absolute Gasteiger partial charge is 0.494 e. The number of anilines is 1. The molecule has 92 valence electrons. The van der Waals surface area contributed by atoms with Crippen LogP contribution in [0.2, 0.25) is 0 Å². The number of unbranched alkanes of at least 4 members (excludes halogenated alkanes) is 1. The summed E-state index contributed by atoms with van der Waals surface area (Å²) in [6.07, 6.45) is 2.89. The van der Waals surface area contributed by atoms with E-state index in [9.17, 15) is 0 Å². The molecule has 0 aromatic heterocycles. The summed E-state index contributed by atoms with van der Waals surface area (Å²) in [4.78, 5) is 0. The molecule has 0 amide bonds. The van der Waals surface area contributed by atoms with Gasteiger partial charge in [0, 0.05) is 5.69 Å². The molecule has 0 fully saturated rings. The topological polar surface area (TPSA) is 59.0 Å². The first-order chi connectivity index (χ1) is 8.03. The summed E-state index contributed by atoms with van der Waals surface area (Å²) in [6, 6.07) is 9.70. The van der Waals surface area contributed by atoms with E-state index in [1.807, 2.05) is 38.1 Å². The Morgan fingerprint density at radius 2 is 1.88 bits per heavy atom. The van der Waals surface area contributed by atoms with Gasteiger partial charge in [-0.15, -0.1) is 0 Å². The van der Waals surface area contributed by atoms with E-state index in [0.717, 1.165) is 30.7 Å². The van der Waals surface area contributed by atoms with Crippen LogP contribution in [0.15, 0.2) is 24.3 Å². The molecule has 0 aliphatic rings. The van der Waals surface area contributed by atoms with Gasteiger partial charge in [0.25, 0.3) is 0 Å². The van der Waals surface area contributed by atoms with Gasteiger partial charge in [0.05, 0.1) is 18.1 Å². The SMILES string of the molecule is CC(C)(C#N)CCCCOc1ccc(N)cc1. The van der Waals surface area contributed by atoms with Crippen LogP contribution in [0.1, 0.15) is 33.1 Å². The molecule has 3 heteroatoms. The monoisotopic (exact) mass is 232 g/mol. The number of rotatable bonds is 6. The van der Waals surface area contributed by atoms with E-state index in [1.54, 1.807) is 0 Å². The van der Waals surface area contributed by atoms with Gasteiger partial charge < -0.3 is 10.5 Å². The van der Waals surface area contributed by atoms with Crippen molar-refractivity contribution in [3.05, 3.63) is 24.3 Å². The van der Waals surface area contributed by atoms with Gasteiger partial charge in [0.1, 0.15) is 5.75 Å². The predicted molar refractivity (Wildman–Crippen MR) is 69.6 cm³/mol. The van der Waals surface area contributed by atoms with Crippen molar-refractivity contribution in [2.75, 3.05) is 12.3 Å². The van der Waals surface area contributed by atoms with Gasteiger partial charge in [0.15, 0.2) is 0 Å². The maximum absolute atomic E-state index is 8.86. The minimum absolute atomic E-state index is 0.221. The van der Waals surface area contributed by atoms with Crippen molar-refractivity contribution >= 4 is 5.69 Å². The number of hydrogen-bond donors (Lipinski definition) is 1. The molecule has 0 aliphatic carbocycles. The lowest BCUT2D eigenvalue weighted by molar-refractivity contribution is 0.295. The van der Waals surface area contributed by atoms with Crippen LogP contribution in [-0.2, 0) is 0 Å². The number of nitriles is 1. The fourth-order valence-electron chi connectivity index (χ4n) is 1.48. The lowest BCUT2D eigenvalue weighted by atomic mass is 9.89. The quantitative estimate of drug-likeness (QED) is 0.604. The van der Waals surface area contributed by atoms with Crippen molar-refractivity contribution in [1.29, 1.82) is 5.26 Å². The molecule has 0 unspecified atom stereocenters. The highest BCUT2D eigenvalue weighted by Gasteiger charge is 2.15. The van der Waals surface area contributed by atoms with E-state index in [2.05, 4.69) is 6.07 Å². The molecule has 0 bridgehead atoms. The Labute approximate surface area is 103 Å². The number of nitrogens with two attached hydrogens (primary N) is 1. The van der Waals surface area contributed by atoms with Crippen molar-refractivity contribution in [1.82, 2.24) is 0 Å². The number of benzene rings is 1. The molecule has 0 radical (unpaired) electrons. The molecule has 0 heterocycles. The average Bonchev–Trinajstić information content (AvgIpc) is 2.31. The summed E-state index contributed by atoms with van der Waals surface area (Å²) in [5.74, 6) is 0.846. The molecule has 1 aromatic carbocycles. The zero-order valence-corrected chi connectivity index (χ0v) is 10.6. The highest BCUT2D eigenvalue weighted by atomic mass is 16.5. The zero-order chi connectivity index (χ0) is 12.7. The third kappa shape index (κ3) is 5.26. The Morgan fingerprint density at radius 1 is 1.24 bits per heavy atom. The third-order valence-corrected chi connectivity index (χ3v) is 2.65. The van der Waals surface area contributed by atoms with E-state index in [4.69, 9.17) is 15.7 Å². The van der Waals surface area contributed by atoms with Gasteiger partial charge in [-0.3, -0.25) is 0 Å². The highest BCUT2D eigenvalue weighted by Crippen LogP contribution is 2.21. The summed E-state index contributed by atoms with van der Waals surface area (Å²) < 4.78 is 5.57. The number of nitrogen functional groups attached to an aromatic ring is 1. The van der Waals surface area contributed by atoms with Crippen LogP contribution in [0.4, 0.5) is 5.69 Å². The van der Waals surface area contributed by atoms with Crippen LogP contribution >= 0.6 is 0 Å². The van der Waals surface area contributed by atoms with Crippen molar-refractivity contribution in [3.63, 3.8) is 0 Å².